The van der Waals surface area contributed by atoms with Gasteiger partial charge in [-0.15, -0.1) is 0 Å². The van der Waals surface area contributed by atoms with Crippen LogP contribution in [-0.4, -0.2) is 41.1 Å². The summed E-state index contributed by atoms with van der Waals surface area (Å²) in [6.45, 7) is 1.17. The van der Waals surface area contributed by atoms with Crippen molar-refractivity contribution in [1.82, 2.24) is 9.78 Å². The normalized spacial score (nSPS) is 21.8. The van der Waals surface area contributed by atoms with E-state index in [0.29, 0.717) is 37.3 Å². The van der Waals surface area contributed by atoms with E-state index in [1.165, 1.54) is 18.1 Å². The van der Waals surface area contributed by atoms with Crippen molar-refractivity contribution >= 4 is 23.4 Å². The molecule has 3 aliphatic heterocycles. The Morgan fingerprint density at radius 1 is 1.31 bits per heavy atom. The highest BCUT2D eigenvalue weighted by atomic mass is 19.1. The number of esters is 1. The molecule has 1 aromatic carbocycles. The third-order valence-electron chi connectivity index (χ3n) is 5.94. The molecule has 8 nitrogen and oxygen atoms in total. The van der Waals surface area contributed by atoms with Crippen molar-refractivity contribution in [3.63, 3.8) is 0 Å². The van der Waals surface area contributed by atoms with Crippen molar-refractivity contribution in [3.05, 3.63) is 41.0 Å². The van der Waals surface area contributed by atoms with E-state index in [1.54, 1.807) is 4.68 Å². The van der Waals surface area contributed by atoms with Crippen LogP contribution < -0.4 is 9.80 Å². The number of amides is 1. The molecule has 0 unspecified atom stereocenters. The average Bonchev–Trinajstić information content (AvgIpc) is 3.39. The molecule has 0 bridgehead atoms. The van der Waals surface area contributed by atoms with Crippen LogP contribution in [-0.2, 0) is 40.8 Å². The Morgan fingerprint density at radius 2 is 2.14 bits per heavy atom. The van der Waals surface area contributed by atoms with Gasteiger partial charge in [0.05, 0.1) is 36.8 Å². The fourth-order valence-corrected chi connectivity index (χ4v) is 4.59. The molecule has 152 valence electrons. The van der Waals surface area contributed by atoms with Crippen LogP contribution in [0.15, 0.2) is 18.3 Å². The summed E-state index contributed by atoms with van der Waals surface area (Å²) in [4.78, 5) is 27.3. The number of hydrogen-bond acceptors (Lipinski definition) is 6. The lowest BCUT2D eigenvalue weighted by molar-refractivity contribution is -0.141. The molecular formula is C20H21FN4O4. The van der Waals surface area contributed by atoms with Crippen LogP contribution >= 0.6 is 0 Å². The van der Waals surface area contributed by atoms with Gasteiger partial charge in [0.1, 0.15) is 11.9 Å². The number of ether oxygens (including phenoxy) is 2. The molecule has 2 atom stereocenters. The summed E-state index contributed by atoms with van der Waals surface area (Å²) >= 11 is 0. The molecule has 0 aliphatic carbocycles. The predicted octanol–water partition coefficient (Wildman–Crippen LogP) is 2.28. The van der Waals surface area contributed by atoms with Gasteiger partial charge in [-0.05, 0) is 24.5 Å². The number of hydrogen-bond donors (Lipinski definition) is 0. The summed E-state index contributed by atoms with van der Waals surface area (Å²) in [6, 6.07) is 3.03. The molecule has 0 spiro atoms. The predicted molar refractivity (Wildman–Crippen MR) is 101 cm³/mol. The van der Waals surface area contributed by atoms with Gasteiger partial charge < -0.3 is 14.4 Å². The molecular weight excluding hydrogens is 379 g/mol. The Labute approximate surface area is 166 Å². The van der Waals surface area contributed by atoms with E-state index in [-0.39, 0.29) is 24.2 Å². The second-order valence-electron chi connectivity index (χ2n) is 7.74. The Morgan fingerprint density at radius 3 is 2.90 bits per heavy atom. The highest BCUT2D eigenvalue weighted by Gasteiger charge is 2.48. The molecule has 29 heavy (non-hydrogen) atoms. The molecule has 1 aromatic heterocycles. The zero-order valence-corrected chi connectivity index (χ0v) is 16.2. The first-order valence-electron chi connectivity index (χ1n) is 9.60. The van der Waals surface area contributed by atoms with Crippen molar-refractivity contribution in [3.8, 4) is 0 Å². The first-order valence-corrected chi connectivity index (χ1v) is 9.60. The zero-order chi connectivity index (χ0) is 20.3. The third kappa shape index (κ3) is 2.83. The summed E-state index contributed by atoms with van der Waals surface area (Å²) < 4.78 is 26.9. The maximum absolute atomic E-state index is 15.0. The van der Waals surface area contributed by atoms with E-state index < -0.39 is 12.2 Å². The Hall–Kier alpha value is -3.10. The van der Waals surface area contributed by atoms with Crippen LogP contribution in [0.25, 0.3) is 0 Å². The second-order valence-corrected chi connectivity index (χ2v) is 7.74. The first kappa shape index (κ1) is 18.0. The summed E-state index contributed by atoms with van der Waals surface area (Å²) in [6.07, 6.45) is 2.18. The van der Waals surface area contributed by atoms with Gasteiger partial charge in [-0.2, -0.15) is 5.10 Å². The standard InChI is InChI=1S/C20H21FN4O4/c1-23-8-12-9-24(10-14(12)22-23)16-5-11-6-17-18(3-4-19(26)28-2)29-20(27)25(17)15(11)7-13(16)21/h5,7-8,17-18H,3-4,6,9-10H2,1-2H3/t17-,18-/m0/s1. The summed E-state index contributed by atoms with van der Waals surface area (Å²) in [5.74, 6) is -0.712. The largest absolute Gasteiger partial charge is 0.469 e. The van der Waals surface area contributed by atoms with Crippen LogP contribution in [0.2, 0.25) is 0 Å². The molecule has 2 aromatic rings. The molecule has 3 aliphatic rings. The second kappa shape index (κ2) is 6.47. The van der Waals surface area contributed by atoms with Gasteiger partial charge in [-0.3, -0.25) is 14.4 Å². The summed E-state index contributed by atoms with van der Waals surface area (Å²) in [7, 11) is 3.21. The van der Waals surface area contributed by atoms with E-state index in [1.807, 2.05) is 24.2 Å². The van der Waals surface area contributed by atoms with Crippen molar-refractivity contribution < 1.29 is 23.5 Å². The van der Waals surface area contributed by atoms with Crippen molar-refractivity contribution in [2.75, 3.05) is 16.9 Å². The third-order valence-corrected chi connectivity index (χ3v) is 5.94. The van der Waals surface area contributed by atoms with Crippen LogP contribution in [0.3, 0.4) is 0 Å². The minimum atomic E-state index is -0.492. The summed E-state index contributed by atoms with van der Waals surface area (Å²) in [5, 5.41) is 4.42. The number of rotatable bonds is 4. The number of carbonyl (C=O) groups is 2. The minimum absolute atomic E-state index is 0.175. The number of aryl methyl sites for hydroxylation is 1. The van der Waals surface area contributed by atoms with E-state index in [9.17, 15) is 14.0 Å². The Balaban J connectivity index is 1.38. The minimum Gasteiger partial charge on any atom is -0.469 e. The van der Waals surface area contributed by atoms with Gasteiger partial charge in [-0.1, -0.05) is 0 Å². The van der Waals surface area contributed by atoms with Crippen LogP contribution in [0.1, 0.15) is 29.7 Å². The number of benzene rings is 1. The fraction of sp³-hybridized carbons (Fsp3) is 0.450. The molecule has 0 saturated carbocycles. The first-order chi connectivity index (χ1) is 13.9. The van der Waals surface area contributed by atoms with Gasteiger partial charge in [0.2, 0.25) is 0 Å². The number of fused-ring (bicyclic) bond motifs is 4. The maximum atomic E-state index is 15.0. The quantitative estimate of drug-likeness (QED) is 0.733. The monoisotopic (exact) mass is 400 g/mol. The maximum Gasteiger partial charge on any atom is 0.415 e. The van der Waals surface area contributed by atoms with Crippen LogP contribution in [0.4, 0.5) is 20.6 Å². The lowest BCUT2D eigenvalue weighted by Crippen LogP contribution is -2.33. The van der Waals surface area contributed by atoms with Crippen molar-refractivity contribution in [2.45, 2.75) is 44.5 Å². The number of anilines is 2. The Kier molecular flexibility index (Phi) is 4.01. The van der Waals surface area contributed by atoms with E-state index in [0.717, 1.165) is 16.8 Å². The molecule has 5 rings (SSSR count). The number of halogens is 1. The van der Waals surface area contributed by atoms with Gasteiger partial charge >= 0.3 is 12.1 Å². The number of carbonyl (C=O) groups excluding carboxylic acids is 2. The van der Waals surface area contributed by atoms with E-state index in [2.05, 4.69) is 9.84 Å². The molecule has 4 heterocycles. The summed E-state index contributed by atoms with van der Waals surface area (Å²) in [5.41, 5.74) is 4.04. The number of methoxy groups -OCH3 is 1. The fourth-order valence-electron chi connectivity index (χ4n) is 4.59. The van der Waals surface area contributed by atoms with Crippen LogP contribution in [0, 0.1) is 5.82 Å². The lowest BCUT2D eigenvalue weighted by atomic mass is 10.0. The number of nitrogens with zero attached hydrogens (tertiary/aromatic N) is 4. The molecule has 9 heteroatoms. The number of aromatic nitrogens is 2. The lowest BCUT2D eigenvalue weighted by Gasteiger charge is -2.20. The Bertz CT molecular complexity index is 997. The van der Waals surface area contributed by atoms with E-state index in [4.69, 9.17) is 4.74 Å². The molecule has 0 radical (unpaired) electrons. The molecule has 1 amide bonds. The highest BCUT2D eigenvalue weighted by Crippen LogP contribution is 2.43. The van der Waals surface area contributed by atoms with Gasteiger partial charge in [0.15, 0.2) is 0 Å². The SMILES string of the molecule is COC(=O)CC[C@@H]1OC(=O)N2c3cc(F)c(N4Cc5cn(C)nc5C4)cc3C[C@@H]12. The molecule has 1 saturated heterocycles. The topological polar surface area (TPSA) is 76.9 Å². The van der Waals surface area contributed by atoms with Crippen molar-refractivity contribution in [1.29, 1.82) is 0 Å². The van der Waals surface area contributed by atoms with E-state index >= 15 is 0 Å². The average molecular weight is 400 g/mol. The van der Waals surface area contributed by atoms with Gasteiger partial charge in [0.25, 0.3) is 0 Å². The van der Waals surface area contributed by atoms with Gasteiger partial charge in [0, 0.05) is 37.8 Å². The van der Waals surface area contributed by atoms with Gasteiger partial charge in [-0.25, -0.2) is 9.18 Å². The number of cyclic esters (lactones) is 1. The smallest absolute Gasteiger partial charge is 0.415 e. The highest BCUT2D eigenvalue weighted by molar-refractivity contribution is 5.94. The zero-order valence-electron chi connectivity index (χ0n) is 16.2. The van der Waals surface area contributed by atoms with Crippen molar-refractivity contribution in [2.24, 2.45) is 7.05 Å². The van der Waals surface area contributed by atoms with Crippen LogP contribution in [0.5, 0.6) is 0 Å². The molecule has 0 N–H and O–H groups in total. The molecule has 1 fully saturated rings.